The molecule has 1 aliphatic rings. The van der Waals surface area contributed by atoms with Crippen LogP contribution in [-0.2, 0) is 9.59 Å². The summed E-state index contributed by atoms with van der Waals surface area (Å²) in [5, 5.41) is 11.2. The summed E-state index contributed by atoms with van der Waals surface area (Å²) in [7, 11) is 1.48. The van der Waals surface area contributed by atoms with Gasteiger partial charge < -0.3 is 14.6 Å². The number of aliphatic hydroxyl groups is 1. The number of para-hydroxylation sites is 1. The molecule has 0 aliphatic carbocycles. The molecule has 162 valence electrons. The minimum atomic E-state index is -0.855. The average Bonchev–Trinajstić information content (AvgIpc) is 3.10. The SMILES string of the molecule is CCOc1ccc(N2C(=O)C(=O)/C(=C(\O)c3ccccc3OC)C2c2cccnc2)cc1. The number of carbonyl (C=O) groups is 2. The molecule has 7 nitrogen and oxygen atoms in total. The van der Waals surface area contributed by atoms with Crippen molar-refractivity contribution >= 4 is 23.1 Å². The van der Waals surface area contributed by atoms with Gasteiger partial charge in [0.2, 0.25) is 0 Å². The van der Waals surface area contributed by atoms with Crippen LogP contribution in [0.15, 0.2) is 78.6 Å². The fourth-order valence-corrected chi connectivity index (χ4v) is 3.81. The number of hydrogen-bond donors (Lipinski definition) is 1. The van der Waals surface area contributed by atoms with E-state index in [9.17, 15) is 14.7 Å². The number of aliphatic hydroxyl groups excluding tert-OH is 1. The van der Waals surface area contributed by atoms with E-state index < -0.39 is 17.7 Å². The molecule has 1 amide bonds. The van der Waals surface area contributed by atoms with Crippen molar-refractivity contribution in [1.29, 1.82) is 0 Å². The topological polar surface area (TPSA) is 89.0 Å². The van der Waals surface area contributed by atoms with Gasteiger partial charge in [-0.2, -0.15) is 0 Å². The highest BCUT2D eigenvalue weighted by Crippen LogP contribution is 2.43. The minimum absolute atomic E-state index is 0.0265. The number of ether oxygens (including phenoxy) is 2. The molecular formula is C25H22N2O5. The van der Waals surface area contributed by atoms with Crippen LogP contribution in [0.5, 0.6) is 11.5 Å². The van der Waals surface area contributed by atoms with Crippen LogP contribution in [0, 0.1) is 0 Å². The van der Waals surface area contributed by atoms with Gasteiger partial charge in [0.05, 0.1) is 30.9 Å². The zero-order valence-corrected chi connectivity index (χ0v) is 17.7. The van der Waals surface area contributed by atoms with Crippen LogP contribution in [-0.4, -0.2) is 35.5 Å². The summed E-state index contributed by atoms with van der Waals surface area (Å²) in [6.07, 6.45) is 3.18. The molecule has 2 aromatic carbocycles. The van der Waals surface area contributed by atoms with Gasteiger partial charge in [-0.1, -0.05) is 18.2 Å². The maximum absolute atomic E-state index is 13.2. The first-order valence-electron chi connectivity index (χ1n) is 10.1. The van der Waals surface area contributed by atoms with Gasteiger partial charge in [0.1, 0.15) is 17.3 Å². The number of aromatic nitrogens is 1. The van der Waals surface area contributed by atoms with Gasteiger partial charge in [-0.3, -0.25) is 19.5 Å². The molecule has 32 heavy (non-hydrogen) atoms. The molecule has 1 aromatic heterocycles. The Morgan fingerprint density at radius 1 is 1.06 bits per heavy atom. The maximum atomic E-state index is 13.2. The van der Waals surface area contributed by atoms with E-state index in [2.05, 4.69) is 4.98 Å². The molecule has 0 spiro atoms. The van der Waals surface area contributed by atoms with Gasteiger partial charge >= 0.3 is 0 Å². The van der Waals surface area contributed by atoms with Crippen molar-refractivity contribution in [3.8, 4) is 11.5 Å². The third-order valence-electron chi connectivity index (χ3n) is 5.23. The fourth-order valence-electron chi connectivity index (χ4n) is 3.81. The lowest BCUT2D eigenvalue weighted by Crippen LogP contribution is -2.29. The van der Waals surface area contributed by atoms with E-state index in [-0.39, 0.29) is 11.3 Å². The summed E-state index contributed by atoms with van der Waals surface area (Å²) in [6, 6.07) is 16.3. The molecule has 0 saturated carbocycles. The van der Waals surface area contributed by atoms with Gasteiger partial charge in [-0.15, -0.1) is 0 Å². The Bertz CT molecular complexity index is 1170. The van der Waals surface area contributed by atoms with E-state index in [1.54, 1.807) is 73.1 Å². The fraction of sp³-hybridized carbons (Fsp3) is 0.160. The Kier molecular flexibility index (Phi) is 5.89. The minimum Gasteiger partial charge on any atom is -0.507 e. The van der Waals surface area contributed by atoms with E-state index in [1.807, 2.05) is 6.92 Å². The van der Waals surface area contributed by atoms with Crippen LogP contribution < -0.4 is 14.4 Å². The van der Waals surface area contributed by atoms with Gasteiger partial charge in [-0.05, 0) is 55.0 Å². The smallest absolute Gasteiger partial charge is 0.300 e. The first-order valence-corrected chi connectivity index (χ1v) is 10.1. The number of methoxy groups -OCH3 is 1. The van der Waals surface area contributed by atoms with E-state index >= 15 is 0 Å². The number of rotatable bonds is 6. The number of nitrogens with zero attached hydrogens (tertiary/aromatic N) is 2. The van der Waals surface area contributed by atoms with E-state index in [0.29, 0.717) is 34.9 Å². The number of amides is 1. The lowest BCUT2D eigenvalue weighted by atomic mass is 9.96. The average molecular weight is 430 g/mol. The van der Waals surface area contributed by atoms with Crippen molar-refractivity contribution in [2.24, 2.45) is 0 Å². The zero-order valence-electron chi connectivity index (χ0n) is 17.7. The van der Waals surface area contributed by atoms with Crippen molar-refractivity contribution in [3.63, 3.8) is 0 Å². The predicted octanol–water partition coefficient (Wildman–Crippen LogP) is 4.12. The third kappa shape index (κ3) is 3.69. The molecule has 4 rings (SSSR count). The Hall–Kier alpha value is -4.13. The van der Waals surface area contributed by atoms with Crippen LogP contribution in [0.25, 0.3) is 5.76 Å². The van der Waals surface area contributed by atoms with Crippen molar-refractivity contribution in [3.05, 3.63) is 89.8 Å². The quantitative estimate of drug-likeness (QED) is 0.360. The largest absolute Gasteiger partial charge is 0.507 e. The van der Waals surface area contributed by atoms with Crippen molar-refractivity contribution in [2.75, 3.05) is 18.6 Å². The number of carbonyl (C=O) groups excluding carboxylic acids is 2. The normalized spacial score (nSPS) is 17.4. The highest BCUT2D eigenvalue weighted by Gasteiger charge is 2.47. The molecular weight excluding hydrogens is 408 g/mol. The predicted molar refractivity (Wildman–Crippen MR) is 120 cm³/mol. The summed E-state index contributed by atoms with van der Waals surface area (Å²) in [6.45, 7) is 2.39. The molecule has 1 fully saturated rings. The Morgan fingerprint density at radius 3 is 2.47 bits per heavy atom. The molecule has 3 aromatic rings. The number of Topliss-reactive ketones (excluding diaryl/α,β-unsaturated/α-hetero) is 1. The zero-order chi connectivity index (χ0) is 22.7. The molecule has 1 unspecified atom stereocenters. The molecule has 1 saturated heterocycles. The molecule has 1 atom stereocenters. The summed E-state index contributed by atoms with van der Waals surface area (Å²) >= 11 is 0. The Morgan fingerprint density at radius 2 is 1.81 bits per heavy atom. The maximum Gasteiger partial charge on any atom is 0.300 e. The molecule has 2 heterocycles. The molecule has 7 heteroatoms. The van der Waals surface area contributed by atoms with E-state index in [4.69, 9.17) is 9.47 Å². The third-order valence-corrected chi connectivity index (χ3v) is 5.23. The summed E-state index contributed by atoms with van der Waals surface area (Å²) < 4.78 is 10.8. The molecule has 1 N–H and O–H groups in total. The molecule has 0 radical (unpaired) electrons. The number of hydrogen-bond acceptors (Lipinski definition) is 6. The highest BCUT2D eigenvalue weighted by atomic mass is 16.5. The second-order valence-electron chi connectivity index (χ2n) is 7.08. The van der Waals surface area contributed by atoms with Crippen LogP contribution in [0.2, 0.25) is 0 Å². The van der Waals surface area contributed by atoms with Crippen molar-refractivity contribution < 1.29 is 24.2 Å². The van der Waals surface area contributed by atoms with Gasteiger partial charge in [0.25, 0.3) is 11.7 Å². The van der Waals surface area contributed by atoms with Crippen molar-refractivity contribution in [1.82, 2.24) is 4.98 Å². The highest BCUT2D eigenvalue weighted by molar-refractivity contribution is 6.51. The summed E-state index contributed by atoms with van der Waals surface area (Å²) in [4.78, 5) is 31.8. The first kappa shape index (κ1) is 21.1. The monoisotopic (exact) mass is 430 g/mol. The van der Waals surface area contributed by atoms with Gasteiger partial charge in [-0.25, -0.2) is 0 Å². The molecule has 1 aliphatic heterocycles. The first-order chi connectivity index (χ1) is 15.6. The van der Waals surface area contributed by atoms with E-state index in [0.717, 1.165) is 0 Å². The Labute approximate surface area is 185 Å². The standard InChI is InChI=1S/C25H22N2O5/c1-3-32-18-12-10-17(11-13-18)27-22(16-7-6-14-26-15-16)21(24(29)25(27)30)23(28)19-8-4-5-9-20(19)31-2/h4-15,22,28H,3H2,1-2H3/b23-21-. The van der Waals surface area contributed by atoms with Crippen LogP contribution in [0.4, 0.5) is 5.69 Å². The Balaban J connectivity index is 1.90. The van der Waals surface area contributed by atoms with Crippen molar-refractivity contribution in [2.45, 2.75) is 13.0 Å². The summed E-state index contributed by atoms with van der Waals surface area (Å²) in [5.41, 5.74) is 1.40. The van der Waals surface area contributed by atoms with Gasteiger partial charge in [0, 0.05) is 18.1 Å². The number of benzene rings is 2. The molecule has 0 bridgehead atoms. The van der Waals surface area contributed by atoms with Crippen LogP contribution >= 0.6 is 0 Å². The second kappa shape index (κ2) is 8.93. The second-order valence-corrected chi connectivity index (χ2v) is 7.08. The number of ketones is 1. The lowest BCUT2D eigenvalue weighted by Gasteiger charge is -2.25. The lowest BCUT2D eigenvalue weighted by molar-refractivity contribution is -0.132. The number of pyridine rings is 1. The van der Waals surface area contributed by atoms with Crippen LogP contribution in [0.1, 0.15) is 24.1 Å². The van der Waals surface area contributed by atoms with Gasteiger partial charge in [0.15, 0.2) is 0 Å². The van der Waals surface area contributed by atoms with E-state index in [1.165, 1.54) is 12.0 Å². The van der Waals surface area contributed by atoms with Crippen LogP contribution in [0.3, 0.4) is 0 Å². The summed E-state index contributed by atoms with van der Waals surface area (Å²) in [5.74, 6) is -0.777. The number of anilines is 1.